The van der Waals surface area contributed by atoms with Gasteiger partial charge in [0.25, 0.3) is 0 Å². The third-order valence-electron chi connectivity index (χ3n) is 2.65. The van der Waals surface area contributed by atoms with Crippen molar-refractivity contribution in [3.63, 3.8) is 0 Å². The predicted octanol–water partition coefficient (Wildman–Crippen LogP) is -0.562. The molecule has 9 nitrogen and oxygen atoms in total. The van der Waals surface area contributed by atoms with Gasteiger partial charge >= 0.3 is 11.9 Å². The summed E-state index contributed by atoms with van der Waals surface area (Å²) in [4.78, 5) is 37.6. The standard InChI is InChI=1S/C7H9N3O3.C6H13NO2/c11-4-10-6(7(12)13)1-5-2-8-3-9-5;1-3-4-5(7)6(8)9-2/h2-4,6H,1H2,(H,8,9)(H,10,11)(H,12,13);5H,3-4,7H2,1-2H3. The molecule has 0 radical (unpaired) electrons. The number of hydrogen-bond donors (Lipinski definition) is 4. The number of carboxylic acid groups (broad SMARTS) is 1. The molecule has 22 heavy (non-hydrogen) atoms. The van der Waals surface area contributed by atoms with Crippen molar-refractivity contribution in [2.75, 3.05) is 7.11 Å². The van der Waals surface area contributed by atoms with Gasteiger partial charge in [0.1, 0.15) is 12.1 Å². The van der Waals surface area contributed by atoms with Gasteiger partial charge < -0.3 is 25.9 Å². The first-order chi connectivity index (χ1) is 10.5. The molecule has 0 spiro atoms. The van der Waals surface area contributed by atoms with Gasteiger partial charge in [0.2, 0.25) is 6.41 Å². The fourth-order valence-corrected chi connectivity index (χ4v) is 1.50. The van der Waals surface area contributed by atoms with Crippen LogP contribution in [-0.2, 0) is 25.5 Å². The minimum absolute atomic E-state index is 0.202. The Bertz CT molecular complexity index is 449. The van der Waals surface area contributed by atoms with Crippen LogP contribution in [0.2, 0.25) is 0 Å². The van der Waals surface area contributed by atoms with Crippen molar-refractivity contribution in [3.8, 4) is 0 Å². The second-order valence-corrected chi connectivity index (χ2v) is 4.37. The molecule has 0 fully saturated rings. The normalized spacial score (nSPS) is 12.3. The molecular weight excluding hydrogens is 292 g/mol. The number of nitrogens with two attached hydrogens (primary N) is 1. The molecule has 1 heterocycles. The van der Waals surface area contributed by atoms with Gasteiger partial charge in [0.15, 0.2) is 0 Å². The minimum Gasteiger partial charge on any atom is -0.480 e. The molecule has 0 aliphatic rings. The van der Waals surface area contributed by atoms with E-state index in [0.717, 1.165) is 6.42 Å². The van der Waals surface area contributed by atoms with Crippen LogP contribution in [0, 0.1) is 0 Å². The smallest absolute Gasteiger partial charge is 0.326 e. The highest BCUT2D eigenvalue weighted by Gasteiger charge is 2.16. The van der Waals surface area contributed by atoms with Crippen molar-refractivity contribution in [2.45, 2.75) is 38.3 Å². The number of methoxy groups -OCH3 is 1. The van der Waals surface area contributed by atoms with Crippen LogP contribution in [-0.4, -0.2) is 52.6 Å². The lowest BCUT2D eigenvalue weighted by Crippen LogP contribution is -2.37. The lowest BCUT2D eigenvalue weighted by atomic mass is 10.2. The first-order valence-corrected chi connectivity index (χ1v) is 6.69. The molecule has 0 saturated heterocycles. The molecular formula is C13H22N4O5. The molecule has 0 bridgehead atoms. The number of imidazole rings is 1. The number of carboxylic acids is 1. The number of nitrogens with zero attached hydrogens (tertiary/aromatic N) is 1. The Hall–Kier alpha value is -2.42. The average molecular weight is 314 g/mol. The number of carbonyl (C=O) groups is 3. The Labute approximate surface area is 128 Å². The number of carbonyl (C=O) groups excluding carboxylic acids is 2. The monoisotopic (exact) mass is 314 g/mol. The highest BCUT2D eigenvalue weighted by molar-refractivity contribution is 5.76. The molecule has 124 valence electrons. The molecule has 2 atom stereocenters. The maximum Gasteiger partial charge on any atom is 0.326 e. The number of aliphatic carboxylic acids is 1. The van der Waals surface area contributed by atoms with E-state index in [2.05, 4.69) is 20.0 Å². The number of nitrogens with one attached hydrogen (secondary N) is 2. The van der Waals surface area contributed by atoms with Crippen LogP contribution in [0.1, 0.15) is 25.5 Å². The Balaban J connectivity index is 0.000000433. The average Bonchev–Trinajstić information content (AvgIpc) is 2.99. The fourth-order valence-electron chi connectivity index (χ4n) is 1.50. The number of hydrogen-bond acceptors (Lipinski definition) is 6. The van der Waals surface area contributed by atoms with Gasteiger partial charge in [-0.15, -0.1) is 0 Å². The van der Waals surface area contributed by atoms with Crippen molar-refractivity contribution >= 4 is 18.3 Å². The summed E-state index contributed by atoms with van der Waals surface area (Å²) in [5, 5.41) is 10.8. The summed E-state index contributed by atoms with van der Waals surface area (Å²) < 4.78 is 4.40. The van der Waals surface area contributed by atoms with E-state index in [9.17, 15) is 14.4 Å². The second-order valence-electron chi connectivity index (χ2n) is 4.37. The number of ether oxygens (including phenoxy) is 1. The van der Waals surface area contributed by atoms with E-state index in [4.69, 9.17) is 10.8 Å². The molecule has 1 aromatic rings. The highest BCUT2D eigenvalue weighted by atomic mass is 16.5. The van der Waals surface area contributed by atoms with E-state index in [0.29, 0.717) is 18.5 Å². The molecule has 9 heteroatoms. The Morgan fingerprint density at radius 1 is 1.59 bits per heavy atom. The van der Waals surface area contributed by atoms with Crippen LogP contribution in [0.3, 0.4) is 0 Å². The van der Waals surface area contributed by atoms with Crippen LogP contribution in [0.5, 0.6) is 0 Å². The predicted molar refractivity (Wildman–Crippen MR) is 77.8 cm³/mol. The van der Waals surface area contributed by atoms with Crippen LogP contribution >= 0.6 is 0 Å². The summed E-state index contributed by atoms with van der Waals surface area (Å²) in [5.74, 6) is -1.39. The summed E-state index contributed by atoms with van der Waals surface area (Å²) in [7, 11) is 1.35. The zero-order valence-electron chi connectivity index (χ0n) is 12.6. The molecule has 5 N–H and O–H groups in total. The van der Waals surface area contributed by atoms with Gasteiger partial charge in [-0.05, 0) is 6.42 Å². The van der Waals surface area contributed by atoms with Crippen LogP contribution in [0.25, 0.3) is 0 Å². The van der Waals surface area contributed by atoms with Crippen LogP contribution < -0.4 is 11.1 Å². The van der Waals surface area contributed by atoms with Crippen molar-refractivity contribution in [1.29, 1.82) is 0 Å². The number of rotatable bonds is 8. The first-order valence-electron chi connectivity index (χ1n) is 6.69. The first kappa shape index (κ1) is 19.6. The van der Waals surface area contributed by atoms with Crippen LogP contribution in [0.4, 0.5) is 0 Å². The third-order valence-corrected chi connectivity index (χ3v) is 2.65. The Morgan fingerprint density at radius 3 is 2.68 bits per heavy atom. The van der Waals surface area contributed by atoms with Gasteiger partial charge in [0, 0.05) is 18.3 Å². The number of amides is 1. The highest BCUT2D eigenvalue weighted by Crippen LogP contribution is 1.97. The van der Waals surface area contributed by atoms with E-state index in [1.165, 1.54) is 19.6 Å². The van der Waals surface area contributed by atoms with Crippen molar-refractivity contribution in [3.05, 3.63) is 18.2 Å². The van der Waals surface area contributed by atoms with E-state index >= 15 is 0 Å². The molecule has 0 aromatic carbocycles. The maximum absolute atomic E-state index is 10.6. The largest absolute Gasteiger partial charge is 0.480 e. The third kappa shape index (κ3) is 8.00. The minimum atomic E-state index is -1.07. The Kier molecular flexibility index (Phi) is 10.0. The molecule has 1 aromatic heterocycles. The van der Waals surface area contributed by atoms with E-state index in [1.807, 2.05) is 6.92 Å². The SMILES string of the molecule is CCCC(N)C(=O)OC.O=CNC(Cc1cnc[nH]1)C(=O)O. The zero-order chi connectivity index (χ0) is 17.0. The van der Waals surface area contributed by atoms with Crippen molar-refractivity contribution < 1.29 is 24.2 Å². The summed E-state index contributed by atoms with van der Waals surface area (Å²) in [6.45, 7) is 1.98. The summed E-state index contributed by atoms with van der Waals surface area (Å²) in [6, 6.07) is -1.34. The molecule has 2 unspecified atom stereocenters. The van der Waals surface area contributed by atoms with E-state index in [-0.39, 0.29) is 12.4 Å². The van der Waals surface area contributed by atoms with Crippen molar-refractivity contribution in [1.82, 2.24) is 15.3 Å². The number of esters is 1. The quantitative estimate of drug-likeness (QED) is 0.371. The van der Waals surface area contributed by atoms with Gasteiger partial charge in [-0.3, -0.25) is 9.59 Å². The number of aromatic amines is 1. The van der Waals surface area contributed by atoms with Gasteiger partial charge in [-0.2, -0.15) is 0 Å². The van der Waals surface area contributed by atoms with E-state index < -0.39 is 18.1 Å². The topological polar surface area (TPSA) is 147 Å². The zero-order valence-corrected chi connectivity index (χ0v) is 12.6. The van der Waals surface area contributed by atoms with Crippen molar-refractivity contribution in [2.24, 2.45) is 5.73 Å². The molecule has 0 saturated carbocycles. The molecule has 0 aliphatic heterocycles. The van der Waals surface area contributed by atoms with E-state index in [1.54, 1.807) is 0 Å². The van der Waals surface area contributed by atoms with Gasteiger partial charge in [-0.1, -0.05) is 13.3 Å². The summed E-state index contributed by atoms with van der Waals surface area (Å²) in [6.07, 6.45) is 5.16. The molecule has 0 aliphatic carbocycles. The number of H-pyrrole nitrogens is 1. The summed E-state index contributed by atoms with van der Waals surface area (Å²) in [5.41, 5.74) is 6.03. The van der Waals surface area contributed by atoms with Gasteiger partial charge in [-0.25, -0.2) is 9.78 Å². The maximum atomic E-state index is 10.6. The second kappa shape index (κ2) is 11.3. The lowest BCUT2D eigenvalue weighted by molar-refractivity contribution is -0.142. The van der Waals surface area contributed by atoms with Crippen LogP contribution in [0.15, 0.2) is 12.5 Å². The fraction of sp³-hybridized carbons (Fsp3) is 0.538. The number of aromatic nitrogens is 2. The van der Waals surface area contributed by atoms with Gasteiger partial charge in [0.05, 0.1) is 13.4 Å². The molecule has 1 rings (SSSR count). The lowest BCUT2D eigenvalue weighted by Gasteiger charge is -2.08. The summed E-state index contributed by atoms with van der Waals surface area (Å²) >= 11 is 0. The molecule has 1 amide bonds. The Morgan fingerprint density at radius 2 is 2.27 bits per heavy atom.